The van der Waals surface area contributed by atoms with Gasteiger partial charge in [-0.1, -0.05) is 12.1 Å². The van der Waals surface area contributed by atoms with E-state index in [1.54, 1.807) is 4.90 Å². The van der Waals surface area contributed by atoms with Crippen LogP contribution in [0.3, 0.4) is 0 Å². The molecule has 0 radical (unpaired) electrons. The second-order valence-electron chi connectivity index (χ2n) is 7.72. The first-order chi connectivity index (χ1) is 14.5. The number of carbonyl (C=O) groups excluding carboxylic acids is 2. The molecule has 2 fully saturated rings. The van der Waals surface area contributed by atoms with Crippen LogP contribution in [0.4, 0.5) is 22.2 Å². The summed E-state index contributed by atoms with van der Waals surface area (Å²) in [5, 5.41) is 6.41. The number of ether oxygens (including phenoxy) is 1. The van der Waals surface area contributed by atoms with Gasteiger partial charge in [-0.2, -0.15) is 4.98 Å². The van der Waals surface area contributed by atoms with Gasteiger partial charge in [-0.3, -0.25) is 4.79 Å². The molecule has 1 aliphatic heterocycles. The van der Waals surface area contributed by atoms with Gasteiger partial charge in [0.2, 0.25) is 5.95 Å². The van der Waals surface area contributed by atoms with Gasteiger partial charge in [0, 0.05) is 31.0 Å². The maximum Gasteiger partial charge on any atom is 0.409 e. The normalized spacial score (nSPS) is 16.8. The minimum absolute atomic E-state index is 0.258. The Labute approximate surface area is 175 Å². The SMILES string of the molecule is COC(=O)N1CCC(c2ccc(Nc3ncc(C(N)=O)c(NC4CC4)n3)cc2)CC1. The van der Waals surface area contributed by atoms with E-state index in [1.165, 1.54) is 18.9 Å². The van der Waals surface area contributed by atoms with E-state index in [0.717, 1.165) is 31.4 Å². The summed E-state index contributed by atoms with van der Waals surface area (Å²) in [6.45, 7) is 1.41. The molecule has 4 rings (SSSR count). The lowest BCUT2D eigenvalue weighted by atomic mass is 9.89. The molecular formula is C21H26N6O3. The summed E-state index contributed by atoms with van der Waals surface area (Å²) in [5.74, 6) is 0.742. The average Bonchev–Trinajstić information content (AvgIpc) is 3.58. The van der Waals surface area contributed by atoms with E-state index >= 15 is 0 Å². The van der Waals surface area contributed by atoms with E-state index in [4.69, 9.17) is 10.5 Å². The van der Waals surface area contributed by atoms with Crippen LogP contribution < -0.4 is 16.4 Å². The molecule has 9 nitrogen and oxygen atoms in total. The third kappa shape index (κ3) is 4.61. The minimum Gasteiger partial charge on any atom is -0.453 e. The molecule has 9 heteroatoms. The van der Waals surface area contributed by atoms with Crippen molar-refractivity contribution in [3.8, 4) is 0 Å². The molecule has 4 N–H and O–H groups in total. The molecular weight excluding hydrogens is 384 g/mol. The van der Waals surface area contributed by atoms with Crippen LogP contribution in [0.15, 0.2) is 30.5 Å². The van der Waals surface area contributed by atoms with Crippen molar-refractivity contribution in [3.63, 3.8) is 0 Å². The maximum atomic E-state index is 11.6. The number of methoxy groups -OCH3 is 1. The van der Waals surface area contributed by atoms with E-state index in [9.17, 15) is 9.59 Å². The molecule has 30 heavy (non-hydrogen) atoms. The fraction of sp³-hybridized carbons (Fsp3) is 0.429. The maximum absolute atomic E-state index is 11.6. The molecule has 2 aliphatic rings. The van der Waals surface area contributed by atoms with E-state index in [2.05, 4.69) is 32.7 Å². The average molecular weight is 410 g/mol. The fourth-order valence-electron chi connectivity index (χ4n) is 3.65. The Morgan fingerprint density at radius 2 is 1.83 bits per heavy atom. The lowest BCUT2D eigenvalue weighted by Crippen LogP contribution is -2.37. The summed E-state index contributed by atoms with van der Waals surface area (Å²) in [6, 6.07) is 8.49. The first kappa shape index (κ1) is 19.9. The number of rotatable bonds is 6. The summed E-state index contributed by atoms with van der Waals surface area (Å²) in [6.07, 6.45) is 5.14. The topological polar surface area (TPSA) is 122 Å². The molecule has 2 aromatic rings. The third-order valence-corrected chi connectivity index (χ3v) is 5.54. The number of hydrogen-bond donors (Lipinski definition) is 3. The van der Waals surface area contributed by atoms with Crippen LogP contribution in [0.2, 0.25) is 0 Å². The molecule has 1 saturated heterocycles. The van der Waals surface area contributed by atoms with Crippen LogP contribution in [0.1, 0.15) is 47.5 Å². The van der Waals surface area contributed by atoms with Crippen LogP contribution in [0, 0.1) is 0 Å². The quantitative estimate of drug-likeness (QED) is 0.669. The lowest BCUT2D eigenvalue weighted by molar-refractivity contribution is 0.1000. The number of primary amides is 1. The standard InChI is InChI=1S/C21H26N6O3/c1-30-21(29)27-10-8-14(9-11-27)13-2-4-16(5-3-13)25-20-23-12-17(18(22)28)19(26-20)24-15-6-7-15/h2-5,12,14-15H,6-11H2,1H3,(H2,22,28)(H2,23,24,25,26). The number of aromatic nitrogens is 2. The second-order valence-corrected chi connectivity index (χ2v) is 7.72. The van der Waals surface area contributed by atoms with Gasteiger partial charge in [-0.05, 0) is 49.3 Å². The molecule has 158 valence electrons. The highest BCUT2D eigenvalue weighted by Gasteiger charge is 2.25. The van der Waals surface area contributed by atoms with Crippen molar-refractivity contribution in [3.05, 3.63) is 41.6 Å². The summed E-state index contributed by atoms with van der Waals surface area (Å²) in [4.78, 5) is 33.6. The van der Waals surface area contributed by atoms with Gasteiger partial charge in [-0.25, -0.2) is 9.78 Å². The Morgan fingerprint density at radius 3 is 2.43 bits per heavy atom. The van der Waals surface area contributed by atoms with Crippen LogP contribution in [-0.2, 0) is 4.74 Å². The highest BCUT2D eigenvalue weighted by molar-refractivity contribution is 5.97. The van der Waals surface area contributed by atoms with Gasteiger partial charge >= 0.3 is 6.09 Å². The summed E-state index contributed by atoms with van der Waals surface area (Å²) < 4.78 is 4.79. The number of nitrogens with one attached hydrogen (secondary N) is 2. The van der Waals surface area contributed by atoms with Crippen molar-refractivity contribution in [1.82, 2.24) is 14.9 Å². The van der Waals surface area contributed by atoms with Gasteiger partial charge in [0.05, 0.1) is 12.7 Å². The Bertz CT molecular complexity index is 921. The number of benzene rings is 1. The van der Waals surface area contributed by atoms with E-state index in [1.807, 2.05) is 12.1 Å². The van der Waals surface area contributed by atoms with Crippen LogP contribution in [0.25, 0.3) is 0 Å². The number of nitrogens with zero attached hydrogens (tertiary/aromatic N) is 3. The van der Waals surface area contributed by atoms with Gasteiger partial charge < -0.3 is 26.0 Å². The molecule has 0 unspecified atom stereocenters. The van der Waals surface area contributed by atoms with Crippen molar-refractivity contribution in [1.29, 1.82) is 0 Å². The zero-order chi connectivity index (χ0) is 21.1. The van der Waals surface area contributed by atoms with Crippen molar-refractivity contribution in [2.45, 2.75) is 37.6 Å². The number of amides is 2. The Hall–Kier alpha value is -3.36. The van der Waals surface area contributed by atoms with Crippen molar-refractivity contribution in [2.24, 2.45) is 5.73 Å². The number of nitrogens with two attached hydrogens (primary N) is 1. The van der Waals surface area contributed by atoms with Crippen molar-refractivity contribution < 1.29 is 14.3 Å². The largest absolute Gasteiger partial charge is 0.453 e. The number of hydrogen-bond acceptors (Lipinski definition) is 7. The molecule has 2 heterocycles. The van der Waals surface area contributed by atoms with Crippen LogP contribution in [-0.4, -0.2) is 53.1 Å². The molecule has 1 saturated carbocycles. The van der Waals surface area contributed by atoms with Crippen molar-refractivity contribution in [2.75, 3.05) is 30.8 Å². The lowest BCUT2D eigenvalue weighted by Gasteiger charge is -2.31. The van der Waals surface area contributed by atoms with Gasteiger partial charge in [-0.15, -0.1) is 0 Å². The zero-order valence-corrected chi connectivity index (χ0v) is 16.9. The number of piperidine rings is 1. The Kier molecular flexibility index (Phi) is 5.69. The zero-order valence-electron chi connectivity index (χ0n) is 16.9. The van der Waals surface area contributed by atoms with Gasteiger partial charge in [0.15, 0.2) is 0 Å². The molecule has 1 aliphatic carbocycles. The summed E-state index contributed by atoms with van der Waals surface area (Å²) in [7, 11) is 1.41. The number of carbonyl (C=O) groups is 2. The number of likely N-dealkylation sites (tertiary alicyclic amines) is 1. The Balaban J connectivity index is 1.40. The first-order valence-electron chi connectivity index (χ1n) is 10.2. The van der Waals surface area contributed by atoms with Gasteiger partial charge in [0.1, 0.15) is 5.82 Å². The third-order valence-electron chi connectivity index (χ3n) is 5.54. The number of anilines is 3. The van der Waals surface area contributed by atoms with E-state index in [-0.39, 0.29) is 6.09 Å². The minimum atomic E-state index is -0.549. The fourth-order valence-corrected chi connectivity index (χ4v) is 3.65. The highest BCUT2D eigenvalue weighted by atomic mass is 16.5. The van der Waals surface area contributed by atoms with Crippen LogP contribution in [0.5, 0.6) is 0 Å². The molecule has 0 spiro atoms. The highest BCUT2D eigenvalue weighted by Crippen LogP contribution is 2.30. The first-order valence-corrected chi connectivity index (χ1v) is 10.2. The van der Waals surface area contributed by atoms with E-state index in [0.29, 0.717) is 42.4 Å². The molecule has 0 bridgehead atoms. The monoisotopic (exact) mass is 410 g/mol. The summed E-state index contributed by atoms with van der Waals surface area (Å²) in [5.41, 5.74) is 7.82. The van der Waals surface area contributed by atoms with E-state index < -0.39 is 5.91 Å². The predicted molar refractivity (Wildman–Crippen MR) is 113 cm³/mol. The predicted octanol–water partition coefficient (Wildman–Crippen LogP) is 2.84. The smallest absolute Gasteiger partial charge is 0.409 e. The van der Waals surface area contributed by atoms with Crippen LogP contribution >= 0.6 is 0 Å². The molecule has 1 aromatic heterocycles. The molecule has 2 amide bonds. The Morgan fingerprint density at radius 1 is 1.13 bits per heavy atom. The molecule has 0 atom stereocenters. The second kappa shape index (κ2) is 8.56. The van der Waals surface area contributed by atoms with Crippen molar-refractivity contribution >= 4 is 29.5 Å². The molecule has 1 aromatic carbocycles. The van der Waals surface area contributed by atoms with Gasteiger partial charge in [0.25, 0.3) is 5.91 Å². The summed E-state index contributed by atoms with van der Waals surface area (Å²) >= 11 is 0.